The second-order valence-electron chi connectivity index (χ2n) is 4.07. The van der Waals surface area contributed by atoms with Crippen LogP contribution in [0, 0.1) is 6.92 Å². The second kappa shape index (κ2) is 5.29. The molecule has 0 saturated heterocycles. The molecule has 0 aliphatic heterocycles. The van der Waals surface area contributed by atoms with E-state index in [4.69, 9.17) is 5.73 Å². The molecule has 0 aromatic heterocycles. The van der Waals surface area contributed by atoms with Gasteiger partial charge in [0.05, 0.1) is 0 Å². The lowest BCUT2D eigenvalue weighted by Crippen LogP contribution is -2.38. The Balaban J connectivity index is 2.96. The number of nitrogen functional groups attached to an aromatic ring is 1. The molecule has 1 aromatic rings. The molecule has 3 nitrogen and oxygen atoms in total. The molecule has 1 aromatic carbocycles. The van der Waals surface area contributed by atoms with Crippen LogP contribution >= 0.6 is 0 Å². The predicted octanol–water partition coefficient (Wildman–Crippen LogP) is 2.60. The summed E-state index contributed by atoms with van der Waals surface area (Å²) in [4.78, 5) is 12.7. The summed E-state index contributed by atoms with van der Waals surface area (Å²) >= 11 is 0. The van der Waals surface area contributed by atoms with Crippen molar-refractivity contribution in [2.75, 3.05) is 18.8 Å². The molecule has 0 aliphatic rings. The summed E-state index contributed by atoms with van der Waals surface area (Å²) in [6.45, 7) is 1.97. The number of rotatable bonds is 3. The number of hydrogen-bond acceptors (Lipinski definition) is 2. The Kier molecular flexibility index (Phi) is 4.21. The van der Waals surface area contributed by atoms with E-state index < -0.39 is 18.6 Å². The number of anilines is 1. The van der Waals surface area contributed by atoms with Crippen LogP contribution in [0.2, 0.25) is 0 Å². The van der Waals surface area contributed by atoms with Crippen LogP contribution in [0.15, 0.2) is 18.2 Å². The van der Waals surface area contributed by atoms with E-state index in [0.29, 0.717) is 5.69 Å². The second-order valence-corrected chi connectivity index (χ2v) is 4.07. The first-order valence-corrected chi connectivity index (χ1v) is 5.46. The van der Waals surface area contributed by atoms with Gasteiger partial charge in [-0.1, -0.05) is 0 Å². The number of alkyl halides is 3. The number of amides is 1. The number of benzene rings is 1. The van der Waals surface area contributed by atoms with Gasteiger partial charge < -0.3 is 10.6 Å². The van der Waals surface area contributed by atoms with Gasteiger partial charge in [0.25, 0.3) is 5.91 Å². The summed E-state index contributed by atoms with van der Waals surface area (Å²) in [5, 5.41) is 0. The van der Waals surface area contributed by atoms with Gasteiger partial charge in [-0.25, -0.2) is 0 Å². The fourth-order valence-electron chi connectivity index (χ4n) is 1.66. The summed E-state index contributed by atoms with van der Waals surface area (Å²) in [6, 6.07) is 4.56. The first kappa shape index (κ1) is 14.3. The van der Waals surface area contributed by atoms with Crippen LogP contribution in [-0.4, -0.2) is 30.1 Å². The molecule has 0 unspecified atom stereocenters. The van der Waals surface area contributed by atoms with Crippen LogP contribution in [0.4, 0.5) is 18.9 Å². The van der Waals surface area contributed by atoms with Crippen molar-refractivity contribution in [1.29, 1.82) is 0 Å². The third-order valence-electron chi connectivity index (χ3n) is 2.39. The van der Waals surface area contributed by atoms with Crippen LogP contribution in [0.25, 0.3) is 0 Å². The lowest BCUT2D eigenvalue weighted by Gasteiger charge is -2.22. The highest BCUT2D eigenvalue weighted by atomic mass is 19.4. The van der Waals surface area contributed by atoms with Crippen molar-refractivity contribution in [3.8, 4) is 0 Å². The summed E-state index contributed by atoms with van der Waals surface area (Å²) in [6.07, 6.45) is -4.40. The van der Waals surface area contributed by atoms with Crippen LogP contribution in [0.3, 0.4) is 0 Å². The molecule has 0 bridgehead atoms. The van der Waals surface area contributed by atoms with Crippen LogP contribution in [-0.2, 0) is 0 Å². The van der Waals surface area contributed by atoms with Crippen molar-refractivity contribution in [1.82, 2.24) is 4.90 Å². The van der Waals surface area contributed by atoms with Gasteiger partial charge >= 0.3 is 6.18 Å². The molecule has 0 aliphatic carbocycles. The number of aryl methyl sites for hydroxylation is 1. The Hall–Kier alpha value is -1.72. The summed E-state index contributed by atoms with van der Waals surface area (Å²) in [7, 11) is 0. The third kappa shape index (κ3) is 3.94. The molecule has 2 N–H and O–H groups in total. The number of nitrogens with two attached hydrogens (primary N) is 1. The van der Waals surface area contributed by atoms with Crippen molar-refractivity contribution in [2.45, 2.75) is 20.0 Å². The highest BCUT2D eigenvalue weighted by molar-refractivity contribution is 5.95. The highest BCUT2D eigenvalue weighted by Crippen LogP contribution is 2.19. The van der Waals surface area contributed by atoms with E-state index in [9.17, 15) is 18.0 Å². The van der Waals surface area contributed by atoms with Gasteiger partial charge in [-0.05, 0) is 37.6 Å². The monoisotopic (exact) mass is 260 g/mol. The molecule has 0 atom stereocenters. The zero-order valence-corrected chi connectivity index (χ0v) is 10.2. The maximum Gasteiger partial charge on any atom is 0.406 e. The Morgan fingerprint density at radius 2 is 1.94 bits per heavy atom. The summed E-state index contributed by atoms with van der Waals surface area (Å²) in [5.74, 6) is -0.662. The first-order chi connectivity index (χ1) is 8.23. The van der Waals surface area contributed by atoms with Crippen molar-refractivity contribution < 1.29 is 18.0 Å². The molecular formula is C12H15F3N2O. The number of nitrogens with zero attached hydrogens (tertiary/aromatic N) is 1. The third-order valence-corrected chi connectivity index (χ3v) is 2.39. The minimum Gasteiger partial charge on any atom is -0.399 e. The molecule has 0 spiro atoms. The predicted molar refractivity (Wildman–Crippen MR) is 63.2 cm³/mol. The van der Waals surface area contributed by atoms with Gasteiger partial charge in [-0.15, -0.1) is 0 Å². The average Bonchev–Trinajstić information content (AvgIpc) is 2.22. The molecule has 1 amide bonds. The molecule has 6 heteroatoms. The zero-order valence-electron chi connectivity index (χ0n) is 10.2. The average molecular weight is 260 g/mol. The maximum absolute atomic E-state index is 12.3. The van der Waals surface area contributed by atoms with Gasteiger partial charge in [0, 0.05) is 17.8 Å². The largest absolute Gasteiger partial charge is 0.406 e. The summed E-state index contributed by atoms with van der Waals surface area (Å²) in [5.41, 5.74) is 6.85. The van der Waals surface area contributed by atoms with Gasteiger partial charge in [-0.3, -0.25) is 4.79 Å². The van der Waals surface area contributed by atoms with Crippen LogP contribution < -0.4 is 5.73 Å². The van der Waals surface area contributed by atoms with E-state index in [1.807, 2.05) is 0 Å². The number of carbonyl (C=O) groups excluding carboxylic acids is 1. The Morgan fingerprint density at radius 3 is 2.39 bits per heavy atom. The Morgan fingerprint density at radius 1 is 1.33 bits per heavy atom. The first-order valence-electron chi connectivity index (χ1n) is 5.46. The van der Waals surface area contributed by atoms with E-state index in [-0.39, 0.29) is 12.1 Å². The quantitative estimate of drug-likeness (QED) is 0.849. The van der Waals surface area contributed by atoms with E-state index in [1.54, 1.807) is 13.0 Å². The van der Waals surface area contributed by atoms with Crippen molar-refractivity contribution in [3.05, 3.63) is 29.3 Å². The van der Waals surface area contributed by atoms with E-state index in [2.05, 4.69) is 0 Å². The van der Waals surface area contributed by atoms with Gasteiger partial charge in [-0.2, -0.15) is 13.2 Å². The number of carbonyl (C=O) groups is 1. The fourth-order valence-corrected chi connectivity index (χ4v) is 1.66. The normalized spacial score (nSPS) is 11.4. The van der Waals surface area contributed by atoms with Gasteiger partial charge in [0.2, 0.25) is 0 Å². The molecule has 1 rings (SSSR count). The molecular weight excluding hydrogens is 245 g/mol. The fraction of sp³-hybridized carbons (Fsp3) is 0.417. The van der Waals surface area contributed by atoms with Crippen molar-refractivity contribution in [2.24, 2.45) is 0 Å². The van der Waals surface area contributed by atoms with Crippen LogP contribution in [0.5, 0.6) is 0 Å². The molecule has 18 heavy (non-hydrogen) atoms. The molecule has 0 fully saturated rings. The Labute approximate surface area is 103 Å². The summed E-state index contributed by atoms with van der Waals surface area (Å²) < 4.78 is 36.9. The van der Waals surface area contributed by atoms with E-state index in [0.717, 1.165) is 10.5 Å². The Bertz CT molecular complexity index is 423. The zero-order chi connectivity index (χ0) is 13.9. The number of halogens is 3. The molecule has 0 saturated carbocycles. The smallest absolute Gasteiger partial charge is 0.399 e. The maximum atomic E-state index is 12.3. The minimum atomic E-state index is -4.40. The SMILES string of the molecule is CCN(CC(F)(F)F)C(=O)c1cc(C)cc(N)c1. The standard InChI is InChI=1S/C12H15F3N2O/c1-3-17(7-12(13,14)15)11(18)9-4-8(2)5-10(16)6-9/h4-6H,3,7,16H2,1-2H3. The minimum absolute atomic E-state index is 0.00775. The molecule has 0 radical (unpaired) electrons. The van der Waals surface area contributed by atoms with Crippen molar-refractivity contribution >= 4 is 11.6 Å². The lowest BCUT2D eigenvalue weighted by molar-refractivity contribution is -0.140. The van der Waals surface area contributed by atoms with Gasteiger partial charge in [0.15, 0.2) is 0 Å². The number of hydrogen-bond donors (Lipinski definition) is 1. The topological polar surface area (TPSA) is 46.3 Å². The van der Waals surface area contributed by atoms with Gasteiger partial charge in [0.1, 0.15) is 6.54 Å². The van der Waals surface area contributed by atoms with E-state index in [1.165, 1.54) is 19.1 Å². The van der Waals surface area contributed by atoms with E-state index >= 15 is 0 Å². The highest BCUT2D eigenvalue weighted by Gasteiger charge is 2.32. The molecule has 0 heterocycles. The van der Waals surface area contributed by atoms with Crippen LogP contribution in [0.1, 0.15) is 22.8 Å². The molecule has 100 valence electrons. The van der Waals surface area contributed by atoms with Crippen molar-refractivity contribution in [3.63, 3.8) is 0 Å². The lowest BCUT2D eigenvalue weighted by atomic mass is 10.1.